The van der Waals surface area contributed by atoms with E-state index in [0.717, 1.165) is 32.1 Å². The van der Waals surface area contributed by atoms with Crippen molar-refractivity contribution in [2.75, 3.05) is 19.8 Å². The van der Waals surface area contributed by atoms with Gasteiger partial charge in [-0.05, 0) is 32.1 Å². The molecule has 1 N–H and O–H groups in total. The summed E-state index contributed by atoms with van der Waals surface area (Å²) in [6.45, 7) is 6.88. The van der Waals surface area contributed by atoms with Gasteiger partial charge < -0.3 is 14.8 Å². The Morgan fingerprint density at radius 1 is 1.13 bits per heavy atom. The van der Waals surface area contributed by atoms with E-state index in [0.29, 0.717) is 26.2 Å². The Bertz CT molecular complexity index is 398. The second kappa shape index (κ2) is 10.4. The van der Waals surface area contributed by atoms with Crippen LogP contribution in [0.4, 0.5) is 4.79 Å². The van der Waals surface area contributed by atoms with Crippen LogP contribution in [-0.4, -0.2) is 37.7 Å². The molecule has 0 aromatic rings. The largest absolute Gasteiger partial charge is 0.446 e. The molecule has 0 bridgehead atoms. The van der Waals surface area contributed by atoms with E-state index in [1.54, 1.807) is 0 Å². The van der Waals surface area contributed by atoms with Gasteiger partial charge in [0.05, 0.1) is 13.2 Å². The maximum atomic E-state index is 11.7. The molecule has 1 atom stereocenters. The molecule has 0 aromatic carbocycles. The topological polar surface area (TPSA) is 64.6 Å². The van der Waals surface area contributed by atoms with Gasteiger partial charge >= 0.3 is 6.09 Å². The van der Waals surface area contributed by atoms with Crippen LogP contribution in [0.3, 0.4) is 0 Å². The van der Waals surface area contributed by atoms with Crippen LogP contribution in [0.1, 0.15) is 59.3 Å². The van der Waals surface area contributed by atoms with E-state index in [-0.39, 0.29) is 23.4 Å². The number of hydrogen-bond acceptors (Lipinski definition) is 4. The molecule has 1 rings (SSSR count). The Labute approximate surface area is 139 Å². The molecule has 1 aliphatic carbocycles. The minimum atomic E-state index is -0.381. The summed E-state index contributed by atoms with van der Waals surface area (Å²) in [6, 6.07) is 0. The quantitative estimate of drug-likeness (QED) is 0.573. The standard InChI is InChI=1S/C18H31NO4/c1-18(2,3)16(20)11-13-22-14-12-19-17(21)23-15-9-7-5-4-6-8-10-15/h4-5,15H,6-14H2,1-3H3,(H,19,21)/b5-4+. The third-order valence-electron chi connectivity index (χ3n) is 3.82. The number of carbonyl (C=O) groups excluding carboxylic acids is 2. The van der Waals surface area contributed by atoms with Crippen molar-refractivity contribution in [1.29, 1.82) is 0 Å². The fourth-order valence-corrected chi connectivity index (χ4v) is 2.30. The molecule has 1 aliphatic rings. The van der Waals surface area contributed by atoms with Gasteiger partial charge in [0.1, 0.15) is 11.9 Å². The Hall–Kier alpha value is -1.36. The van der Waals surface area contributed by atoms with Crippen LogP contribution in [0.2, 0.25) is 0 Å². The van der Waals surface area contributed by atoms with Crippen molar-refractivity contribution in [3.05, 3.63) is 12.2 Å². The summed E-state index contributed by atoms with van der Waals surface area (Å²) in [5, 5.41) is 2.70. The molecular weight excluding hydrogens is 294 g/mol. The molecule has 0 heterocycles. The highest BCUT2D eigenvalue weighted by Crippen LogP contribution is 2.16. The summed E-state index contributed by atoms with van der Waals surface area (Å²) in [4.78, 5) is 23.4. The number of rotatable bonds is 7. The van der Waals surface area contributed by atoms with Crippen molar-refractivity contribution in [3.8, 4) is 0 Å². The molecule has 0 aromatic heterocycles. The van der Waals surface area contributed by atoms with Crippen molar-refractivity contribution in [1.82, 2.24) is 5.32 Å². The molecule has 0 fully saturated rings. The third-order valence-corrected chi connectivity index (χ3v) is 3.82. The van der Waals surface area contributed by atoms with Gasteiger partial charge in [0.15, 0.2) is 0 Å². The average Bonchev–Trinajstić information content (AvgIpc) is 2.44. The highest BCUT2D eigenvalue weighted by molar-refractivity contribution is 5.83. The first kappa shape index (κ1) is 19.7. The lowest BCUT2D eigenvalue weighted by Gasteiger charge is -2.19. The van der Waals surface area contributed by atoms with Crippen LogP contribution in [0.15, 0.2) is 12.2 Å². The number of alkyl carbamates (subject to hydrolysis) is 1. The predicted octanol–water partition coefficient (Wildman–Crippen LogP) is 3.62. The first-order chi connectivity index (χ1) is 10.9. The normalized spacial score (nSPS) is 20.2. The predicted molar refractivity (Wildman–Crippen MR) is 90.4 cm³/mol. The molecule has 0 saturated heterocycles. The SMILES string of the molecule is CC(C)(C)C(=O)CCOCCNC(=O)OC1CC/C=C/CCC1. The van der Waals surface area contributed by atoms with E-state index >= 15 is 0 Å². The van der Waals surface area contributed by atoms with E-state index < -0.39 is 0 Å². The number of amides is 1. The van der Waals surface area contributed by atoms with Crippen molar-refractivity contribution in [3.63, 3.8) is 0 Å². The molecule has 132 valence electrons. The fourth-order valence-electron chi connectivity index (χ4n) is 2.30. The lowest BCUT2D eigenvalue weighted by Crippen LogP contribution is -2.32. The van der Waals surface area contributed by atoms with Gasteiger partial charge in [0.25, 0.3) is 0 Å². The van der Waals surface area contributed by atoms with Gasteiger partial charge in [0, 0.05) is 18.4 Å². The minimum Gasteiger partial charge on any atom is -0.446 e. The smallest absolute Gasteiger partial charge is 0.407 e. The summed E-state index contributed by atoms with van der Waals surface area (Å²) in [5.41, 5.74) is -0.321. The second-order valence-corrected chi connectivity index (χ2v) is 6.97. The molecule has 5 heteroatoms. The number of ketones is 1. The van der Waals surface area contributed by atoms with Crippen molar-refractivity contribution >= 4 is 11.9 Å². The second-order valence-electron chi connectivity index (χ2n) is 6.97. The number of nitrogens with one attached hydrogen (secondary N) is 1. The van der Waals surface area contributed by atoms with Crippen LogP contribution in [0.5, 0.6) is 0 Å². The molecule has 0 saturated carbocycles. The van der Waals surface area contributed by atoms with Gasteiger partial charge in [-0.3, -0.25) is 4.79 Å². The molecule has 0 aliphatic heterocycles. The molecule has 1 unspecified atom stereocenters. The van der Waals surface area contributed by atoms with Gasteiger partial charge in [-0.2, -0.15) is 0 Å². The molecule has 5 nitrogen and oxygen atoms in total. The maximum absolute atomic E-state index is 11.7. The lowest BCUT2D eigenvalue weighted by molar-refractivity contribution is -0.127. The maximum Gasteiger partial charge on any atom is 0.407 e. The van der Waals surface area contributed by atoms with Crippen LogP contribution in [0.25, 0.3) is 0 Å². The third kappa shape index (κ3) is 9.39. The zero-order valence-electron chi connectivity index (χ0n) is 14.7. The highest BCUT2D eigenvalue weighted by atomic mass is 16.6. The number of carbonyl (C=O) groups is 2. The van der Waals surface area contributed by atoms with Crippen LogP contribution in [0, 0.1) is 5.41 Å². The van der Waals surface area contributed by atoms with Crippen LogP contribution >= 0.6 is 0 Å². The Morgan fingerprint density at radius 2 is 1.87 bits per heavy atom. The minimum absolute atomic E-state index is 0.00488. The first-order valence-corrected chi connectivity index (χ1v) is 8.60. The van der Waals surface area contributed by atoms with Crippen LogP contribution in [-0.2, 0) is 14.3 Å². The summed E-state index contributed by atoms with van der Waals surface area (Å²) < 4.78 is 10.8. The van der Waals surface area contributed by atoms with Gasteiger partial charge in [-0.15, -0.1) is 0 Å². The lowest BCUT2D eigenvalue weighted by atomic mass is 9.89. The van der Waals surface area contributed by atoms with Crippen molar-refractivity contribution in [2.24, 2.45) is 5.41 Å². The number of hydrogen-bond donors (Lipinski definition) is 1. The van der Waals surface area contributed by atoms with Crippen LogP contribution < -0.4 is 5.32 Å². The van der Waals surface area contributed by atoms with E-state index in [9.17, 15) is 9.59 Å². The molecule has 0 radical (unpaired) electrons. The molecule has 0 spiro atoms. The number of Topliss-reactive ketones (excluding diaryl/α,β-unsaturated/α-hetero) is 1. The number of allylic oxidation sites excluding steroid dienone is 2. The van der Waals surface area contributed by atoms with E-state index in [1.807, 2.05) is 20.8 Å². The Balaban J connectivity index is 2.05. The van der Waals surface area contributed by atoms with E-state index in [1.165, 1.54) is 0 Å². The molecular formula is C18H31NO4. The highest BCUT2D eigenvalue weighted by Gasteiger charge is 2.20. The molecule has 23 heavy (non-hydrogen) atoms. The zero-order chi connectivity index (χ0) is 17.1. The van der Waals surface area contributed by atoms with Crippen molar-refractivity contribution in [2.45, 2.75) is 65.4 Å². The fraction of sp³-hybridized carbons (Fsp3) is 0.778. The van der Waals surface area contributed by atoms with Gasteiger partial charge in [-0.25, -0.2) is 4.79 Å². The summed E-state index contributed by atoms with van der Waals surface area (Å²) >= 11 is 0. The zero-order valence-corrected chi connectivity index (χ0v) is 14.7. The summed E-state index contributed by atoms with van der Waals surface area (Å²) in [7, 11) is 0. The van der Waals surface area contributed by atoms with E-state index in [2.05, 4.69) is 17.5 Å². The van der Waals surface area contributed by atoms with Crippen molar-refractivity contribution < 1.29 is 19.1 Å². The number of ether oxygens (including phenoxy) is 2. The van der Waals surface area contributed by atoms with Gasteiger partial charge in [-0.1, -0.05) is 32.9 Å². The molecule has 1 amide bonds. The summed E-state index contributed by atoms with van der Waals surface area (Å²) in [6.07, 6.45) is 9.25. The Morgan fingerprint density at radius 3 is 2.61 bits per heavy atom. The first-order valence-electron chi connectivity index (χ1n) is 8.60. The summed E-state index contributed by atoms with van der Waals surface area (Å²) in [5.74, 6) is 0.184. The average molecular weight is 325 g/mol. The monoisotopic (exact) mass is 325 g/mol. The van der Waals surface area contributed by atoms with Gasteiger partial charge in [0.2, 0.25) is 0 Å². The van der Waals surface area contributed by atoms with E-state index in [4.69, 9.17) is 9.47 Å². The Kier molecular flexibility index (Phi) is 8.92.